The minimum absolute atomic E-state index is 0.0601. The predicted molar refractivity (Wildman–Crippen MR) is 102 cm³/mol. The van der Waals surface area contributed by atoms with Crippen molar-refractivity contribution < 1.29 is 19.2 Å². The van der Waals surface area contributed by atoms with Gasteiger partial charge in [0.05, 0.1) is 22.1 Å². The second kappa shape index (κ2) is 7.60. The first-order valence-corrected chi connectivity index (χ1v) is 8.20. The van der Waals surface area contributed by atoms with Gasteiger partial charge in [-0.15, -0.1) is 0 Å². The summed E-state index contributed by atoms with van der Waals surface area (Å²) in [5, 5.41) is 29.3. The molecule has 0 saturated heterocycles. The Bertz CT molecular complexity index is 1130. The van der Waals surface area contributed by atoms with Crippen molar-refractivity contribution in [3.8, 4) is 17.4 Å². The van der Waals surface area contributed by atoms with Crippen molar-refractivity contribution in [3.63, 3.8) is 0 Å². The minimum atomic E-state index is -1.03. The van der Waals surface area contributed by atoms with Crippen LogP contribution in [-0.4, -0.2) is 16.0 Å². The van der Waals surface area contributed by atoms with E-state index in [0.717, 1.165) is 5.56 Å². The van der Waals surface area contributed by atoms with Crippen molar-refractivity contribution in [2.45, 2.75) is 6.92 Å². The first-order valence-electron chi connectivity index (χ1n) is 8.20. The zero-order chi connectivity index (χ0) is 20.3. The number of furan rings is 1. The van der Waals surface area contributed by atoms with Crippen molar-refractivity contribution in [2.24, 2.45) is 0 Å². The lowest BCUT2D eigenvalue weighted by Crippen LogP contribution is -1.96. The number of nitro benzene ring substituents is 1. The maximum Gasteiger partial charge on any atom is 0.335 e. The number of nitrogens with zero attached hydrogens (tertiary/aromatic N) is 2. The summed E-state index contributed by atoms with van der Waals surface area (Å²) >= 11 is 0. The number of carboxylic acid groups (broad SMARTS) is 1. The molecule has 3 rings (SSSR count). The molecule has 0 atom stereocenters. The standard InChI is InChI=1S/C21H14N2O5/c1-13-2-3-15(21(24)25)11-19(13)20-9-8-18(28-20)10-16(12-22)14-4-6-17(7-5-14)23(26)27/h2-11H,1H3,(H,24,25)/b16-10-. The van der Waals surface area contributed by atoms with Crippen molar-refractivity contribution in [2.75, 3.05) is 0 Å². The Morgan fingerprint density at radius 3 is 2.43 bits per heavy atom. The van der Waals surface area contributed by atoms with Crippen LogP contribution >= 0.6 is 0 Å². The fourth-order valence-corrected chi connectivity index (χ4v) is 2.68. The van der Waals surface area contributed by atoms with Gasteiger partial charge < -0.3 is 9.52 Å². The summed E-state index contributed by atoms with van der Waals surface area (Å²) in [5.74, 6) is -0.143. The molecule has 0 saturated carbocycles. The van der Waals surface area contributed by atoms with E-state index in [1.54, 1.807) is 18.2 Å². The van der Waals surface area contributed by atoms with Crippen LogP contribution in [0.3, 0.4) is 0 Å². The molecule has 2 aromatic carbocycles. The number of carboxylic acids is 1. The number of non-ortho nitro benzene ring substituents is 1. The first kappa shape index (κ1) is 18.6. The highest BCUT2D eigenvalue weighted by atomic mass is 16.6. The van der Waals surface area contributed by atoms with Gasteiger partial charge in [-0.3, -0.25) is 10.1 Å². The number of hydrogen-bond donors (Lipinski definition) is 1. The maximum absolute atomic E-state index is 11.2. The number of carbonyl (C=O) groups is 1. The summed E-state index contributed by atoms with van der Waals surface area (Å²) < 4.78 is 5.77. The SMILES string of the molecule is Cc1ccc(C(=O)O)cc1-c1ccc(/C=C(/C#N)c2ccc([N+](=O)[O-])cc2)o1. The molecule has 7 nitrogen and oxygen atoms in total. The average molecular weight is 374 g/mol. The van der Waals surface area contributed by atoms with Gasteiger partial charge in [-0.25, -0.2) is 4.79 Å². The molecule has 0 radical (unpaired) electrons. The van der Waals surface area contributed by atoms with Crippen LogP contribution < -0.4 is 0 Å². The molecule has 0 fully saturated rings. The molecular formula is C21H14N2O5. The molecule has 0 amide bonds. The Hall–Kier alpha value is -4.18. The van der Waals surface area contributed by atoms with E-state index in [0.29, 0.717) is 22.6 Å². The summed E-state index contributed by atoms with van der Waals surface area (Å²) in [6.45, 7) is 1.84. The summed E-state index contributed by atoms with van der Waals surface area (Å²) in [6, 6.07) is 15.8. The van der Waals surface area contributed by atoms with Gasteiger partial charge in [0.25, 0.3) is 5.69 Å². The zero-order valence-electron chi connectivity index (χ0n) is 14.7. The molecule has 0 aliphatic heterocycles. The summed E-state index contributed by atoms with van der Waals surface area (Å²) in [4.78, 5) is 21.4. The molecular weight excluding hydrogens is 360 g/mol. The zero-order valence-corrected chi connectivity index (χ0v) is 14.7. The molecule has 28 heavy (non-hydrogen) atoms. The lowest BCUT2D eigenvalue weighted by atomic mass is 10.0. The van der Waals surface area contributed by atoms with E-state index in [9.17, 15) is 20.2 Å². The number of aryl methyl sites for hydroxylation is 1. The topological polar surface area (TPSA) is 117 Å². The lowest BCUT2D eigenvalue weighted by molar-refractivity contribution is -0.384. The smallest absolute Gasteiger partial charge is 0.335 e. The Morgan fingerprint density at radius 2 is 1.82 bits per heavy atom. The number of aromatic carboxylic acids is 1. The highest BCUT2D eigenvalue weighted by Crippen LogP contribution is 2.29. The van der Waals surface area contributed by atoms with Crippen LogP contribution in [0, 0.1) is 28.4 Å². The van der Waals surface area contributed by atoms with Crippen LogP contribution in [0.15, 0.2) is 59.0 Å². The highest BCUT2D eigenvalue weighted by molar-refractivity contribution is 5.90. The number of nitriles is 1. The maximum atomic E-state index is 11.2. The Kier molecular flexibility index (Phi) is 5.05. The van der Waals surface area contributed by atoms with Crippen molar-refractivity contribution in [1.82, 2.24) is 0 Å². The number of benzene rings is 2. The van der Waals surface area contributed by atoms with Crippen LogP contribution in [0.5, 0.6) is 0 Å². The molecule has 7 heteroatoms. The number of rotatable bonds is 5. The molecule has 0 aliphatic carbocycles. The Balaban J connectivity index is 1.95. The Labute approximate surface area is 159 Å². The van der Waals surface area contributed by atoms with Crippen LogP contribution in [-0.2, 0) is 0 Å². The van der Waals surface area contributed by atoms with Crippen molar-refractivity contribution in [1.29, 1.82) is 5.26 Å². The van der Waals surface area contributed by atoms with Gasteiger partial charge in [-0.1, -0.05) is 6.07 Å². The first-order chi connectivity index (χ1) is 13.4. The molecule has 1 aromatic heterocycles. The van der Waals surface area contributed by atoms with Gasteiger partial charge >= 0.3 is 5.97 Å². The van der Waals surface area contributed by atoms with E-state index in [4.69, 9.17) is 9.52 Å². The fourth-order valence-electron chi connectivity index (χ4n) is 2.68. The summed E-state index contributed by atoms with van der Waals surface area (Å²) in [5.41, 5.74) is 2.40. The van der Waals surface area contributed by atoms with Gasteiger partial charge in [0.1, 0.15) is 11.5 Å². The van der Waals surface area contributed by atoms with E-state index in [1.165, 1.54) is 42.5 Å². The summed E-state index contributed by atoms with van der Waals surface area (Å²) in [6.07, 6.45) is 1.53. The van der Waals surface area contributed by atoms with Crippen LogP contribution in [0.25, 0.3) is 23.0 Å². The molecule has 0 aliphatic rings. The number of hydrogen-bond acceptors (Lipinski definition) is 5. The van der Waals surface area contributed by atoms with E-state index in [-0.39, 0.29) is 16.8 Å². The normalized spacial score (nSPS) is 11.1. The third kappa shape index (κ3) is 3.81. The second-order valence-corrected chi connectivity index (χ2v) is 6.01. The van der Waals surface area contributed by atoms with Gasteiger partial charge in [0, 0.05) is 17.7 Å². The summed E-state index contributed by atoms with van der Waals surface area (Å²) in [7, 11) is 0. The fraction of sp³-hybridized carbons (Fsp3) is 0.0476. The van der Waals surface area contributed by atoms with Gasteiger partial charge in [0.2, 0.25) is 0 Å². The molecule has 138 valence electrons. The largest absolute Gasteiger partial charge is 0.478 e. The van der Waals surface area contributed by atoms with Gasteiger partial charge in [-0.05, 0) is 60.5 Å². The third-order valence-electron chi connectivity index (χ3n) is 4.17. The lowest BCUT2D eigenvalue weighted by Gasteiger charge is -2.04. The highest BCUT2D eigenvalue weighted by Gasteiger charge is 2.12. The average Bonchev–Trinajstić information content (AvgIpc) is 3.14. The van der Waals surface area contributed by atoms with Crippen molar-refractivity contribution in [3.05, 3.63) is 87.2 Å². The molecule has 0 spiro atoms. The van der Waals surface area contributed by atoms with E-state index >= 15 is 0 Å². The number of nitro groups is 1. The minimum Gasteiger partial charge on any atom is -0.478 e. The Morgan fingerprint density at radius 1 is 1.14 bits per heavy atom. The van der Waals surface area contributed by atoms with Crippen LogP contribution in [0.1, 0.15) is 27.2 Å². The third-order valence-corrected chi connectivity index (χ3v) is 4.17. The predicted octanol–water partition coefficient (Wildman–Crippen LogP) is 4.93. The van der Waals surface area contributed by atoms with E-state index in [1.807, 2.05) is 6.92 Å². The monoisotopic (exact) mass is 374 g/mol. The van der Waals surface area contributed by atoms with Crippen LogP contribution in [0.2, 0.25) is 0 Å². The second-order valence-electron chi connectivity index (χ2n) is 6.01. The molecule has 1 heterocycles. The number of allylic oxidation sites excluding steroid dienone is 1. The molecule has 0 bridgehead atoms. The van der Waals surface area contributed by atoms with Gasteiger partial charge in [0.15, 0.2) is 0 Å². The molecule has 3 aromatic rings. The van der Waals surface area contributed by atoms with E-state index < -0.39 is 10.9 Å². The van der Waals surface area contributed by atoms with Crippen LogP contribution in [0.4, 0.5) is 5.69 Å². The van der Waals surface area contributed by atoms with Gasteiger partial charge in [-0.2, -0.15) is 5.26 Å². The van der Waals surface area contributed by atoms with E-state index in [2.05, 4.69) is 6.07 Å². The van der Waals surface area contributed by atoms with Crippen molar-refractivity contribution >= 4 is 23.3 Å². The quantitative estimate of drug-likeness (QED) is 0.384. The molecule has 0 unspecified atom stereocenters. The molecule has 1 N–H and O–H groups in total.